The van der Waals surface area contributed by atoms with Crippen molar-refractivity contribution in [2.45, 2.75) is 13.8 Å². The van der Waals surface area contributed by atoms with Crippen molar-refractivity contribution in [3.8, 4) is 17.6 Å². The number of carbonyl (C=O) groups is 1. The van der Waals surface area contributed by atoms with Crippen LogP contribution in [-0.4, -0.2) is 65.8 Å². The number of rotatable bonds is 15. The van der Waals surface area contributed by atoms with E-state index in [1.54, 1.807) is 18.2 Å². The van der Waals surface area contributed by atoms with Gasteiger partial charge in [0.1, 0.15) is 12.4 Å². The van der Waals surface area contributed by atoms with Crippen molar-refractivity contribution in [2.75, 3.05) is 59.9 Å². The van der Waals surface area contributed by atoms with E-state index >= 15 is 0 Å². The van der Waals surface area contributed by atoms with Crippen LogP contribution in [0.25, 0.3) is 0 Å². The molecule has 0 unspecified atom stereocenters. The number of carbonyl (C=O) groups excluding carboxylic acids is 1. The second kappa shape index (κ2) is 16.8. The van der Waals surface area contributed by atoms with Crippen molar-refractivity contribution in [3.05, 3.63) is 29.8 Å². The van der Waals surface area contributed by atoms with Crippen LogP contribution >= 0.6 is 0 Å². The lowest BCUT2D eigenvalue weighted by molar-refractivity contribution is -0.106. The zero-order valence-corrected chi connectivity index (χ0v) is 17.6. The van der Waals surface area contributed by atoms with Crippen LogP contribution in [0.5, 0.6) is 5.75 Å². The first-order valence-electron chi connectivity index (χ1n) is 9.77. The molecule has 3 N–H and O–H groups in total. The number of hydrogen-bond donors (Lipinski definition) is 3. The van der Waals surface area contributed by atoms with Gasteiger partial charge < -0.3 is 24.8 Å². The fourth-order valence-electron chi connectivity index (χ4n) is 2.05. The van der Waals surface area contributed by atoms with Crippen LogP contribution in [0.1, 0.15) is 24.2 Å². The first-order chi connectivity index (χ1) is 14.1. The molecule has 0 saturated carbocycles. The van der Waals surface area contributed by atoms with Crippen molar-refractivity contribution in [2.24, 2.45) is 5.92 Å². The molecule has 0 spiro atoms. The van der Waals surface area contributed by atoms with Gasteiger partial charge in [-0.1, -0.05) is 31.8 Å². The molecule has 1 aromatic rings. The Morgan fingerprint density at radius 2 is 1.90 bits per heavy atom. The van der Waals surface area contributed by atoms with Gasteiger partial charge >= 0.3 is 0 Å². The summed E-state index contributed by atoms with van der Waals surface area (Å²) in [6.45, 7) is 7.62. The first kappa shape index (κ1) is 24.9. The topological polar surface area (TPSA) is 90.1 Å². The SMILES string of the molecule is CNCCNC(=O)c1cccc(OCCOCCOCONCC#CC(C)C)c1. The Morgan fingerprint density at radius 1 is 1.10 bits per heavy atom. The molecule has 8 heteroatoms. The predicted octanol–water partition coefficient (Wildman–Crippen LogP) is 1.19. The molecule has 0 aliphatic carbocycles. The number of ether oxygens (including phenoxy) is 3. The summed E-state index contributed by atoms with van der Waals surface area (Å²) in [5.41, 5.74) is 3.27. The van der Waals surface area contributed by atoms with Crippen molar-refractivity contribution in [1.29, 1.82) is 0 Å². The van der Waals surface area contributed by atoms with Gasteiger partial charge in [0.25, 0.3) is 5.91 Å². The maximum absolute atomic E-state index is 12.0. The van der Waals surface area contributed by atoms with Crippen LogP contribution in [0, 0.1) is 17.8 Å². The Bertz CT molecular complexity index is 628. The molecule has 0 fully saturated rings. The highest BCUT2D eigenvalue weighted by molar-refractivity contribution is 5.94. The Hall–Kier alpha value is -2.15. The molecular formula is C21H33N3O5. The van der Waals surface area contributed by atoms with Crippen LogP contribution in [0.2, 0.25) is 0 Å². The number of likely N-dealkylation sites (N-methyl/N-ethyl adjacent to an activating group) is 1. The lowest BCUT2D eigenvalue weighted by atomic mass is 10.2. The number of hydroxylamine groups is 1. The highest BCUT2D eigenvalue weighted by atomic mass is 16.8. The molecule has 0 saturated heterocycles. The first-order valence-corrected chi connectivity index (χ1v) is 9.77. The smallest absolute Gasteiger partial charge is 0.251 e. The van der Waals surface area contributed by atoms with Crippen LogP contribution in [0.15, 0.2) is 24.3 Å². The summed E-state index contributed by atoms with van der Waals surface area (Å²) >= 11 is 0. The normalized spacial score (nSPS) is 10.5. The minimum absolute atomic E-state index is 0.122. The molecule has 162 valence electrons. The van der Waals surface area contributed by atoms with Crippen LogP contribution in [-0.2, 0) is 14.3 Å². The van der Waals surface area contributed by atoms with Gasteiger partial charge in [0, 0.05) is 24.6 Å². The van der Waals surface area contributed by atoms with E-state index in [1.165, 1.54) is 0 Å². The van der Waals surface area contributed by atoms with E-state index in [0.29, 0.717) is 56.7 Å². The second-order valence-electron chi connectivity index (χ2n) is 6.32. The van der Waals surface area contributed by atoms with Gasteiger partial charge in [-0.25, -0.2) is 0 Å². The largest absolute Gasteiger partial charge is 0.491 e. The maximum Gasteiger partial charge on any atom is 0.251 e. The summed E-state index contributed by atoms with van der Waals surface area (Å²) in [4.78, 5) is 17.1. The van der Waals surface area contributed by atoms with Gasteiger partial charge in [0.05, 0.1) is 26.4 Å². The number of benzene rings is 1. The van der Waals surface area contributed by atoms with E-state index in [9.17, 15) is 4.79 Å². The molecular weight excluding hydrogens is 374 g/mol. The highest BCUT2D eigenvalue weighted by Crippen LogP contribution is 2.13. The molecule has 1 amide bonds. The van der Waals surface area contributed by atoms with Gasteiger partial charge in [0.2, 0.25) is 0 Å². The molecule has 8 nitrogen and oxygen atoms in total. The van der Waals surface area contributed by atoms with Gasteiger partial charge in [-0.3, -0.25) is 9.63 Å². The van der Waals surface area contributed by atoms with Gasteiger partial charge in [-0.2, -0.15) is 5.48 Å². The third-order valence-corrected chi connectivity index (χ3v) is 3.42. The summed E-state index contributed by atoms with van der Waals surface area (Å²) < 4.78 is 16.3. The van der Waals surface area contributed by atoms with Crippen LogP contribution in [0.4, 0.5) is 0 Å². The zero-order valence-electron chi connectivity index (χ0n) is 17.6. The van der Waals surface area contributed by atoms with Gasteiger partial charge in [-0.05, 0) is 25.2 Å². The summed E-state index contributed by atoms with van der Waals surface area (Å²) in [6, 6.07) is 7.07. The standard InChI is InChI=1S/C21H33N3O5/c1-18(2)6-5-9-24-29-17-27-13-12-26-14-15-28-20-8-4-7-19(16-20)21(25)23-11-10-22-3/h4,7-8,16,18,22,24H,9-15,17H2,1-3H3,(H,23,25). The lowest BCUT2D eigenvalue weighted by Crippen LogP contribution is -2.30. The maximum atomic E-state index is 12.0. The molecule has 1 aromatic carbocycles. The van der Waals surface area contributed by atoms with E-state index < -0.39 is 0 Å². The molecule has 0 aliphatic heterocycles. The molecule has 0 atom stereocenters. The van der Waals surface area contributed by atoms with Crippen molar-refractivity contribution in [3.63, 3.8) is 0 Å². The quantitative estimate of drug-likeness (QED) is 0.174. The zero-order chi connectivity index (χ0) is 21.2. The molecule has 29 heavy (non-hydrogen) atoms. The van der Waals surface area contributed by atoms with E-state index in [4.69, 9.17) is 19.0 Å². The number of nitrogens with one attached hydrogen (secondary N) is 3. The van der Waals surface area contributed by atoms with E-state index in [-0.39, 0.29) is 12.7 Å². The van der Waals surface area contributed by atoms with Crippen molar-refractivity contribution >= 4 is 5.91 Å². The van der Waals surface area contributed by atoms with E-state index in [0.717, 1.165) is 6.54 Å². The van der Waals surface area contributed by atoms with Crippen LogP contribution < -0.4 is 20.9 Å². The predicted molar refractivity (Wildman–Crippen MR) is 112 cm³/mol. The third kappa shape index (κ3) is 13.6. The minimum atomic E-state index is -0.122. The molecule has 1 rings (SSSR count). The summed E-state index contributed by atoms with van der Waals surface area (Å²) in [5.74, 6) is 6.82. The monoisotopic (exact) mass is 407 g/mol. The number of amides is 1. The molecule has 0 radical (unpaired) electrons. The lowest BCUT2D eigenvalue weighted by Gasteiger charge is -2.09. The molecule has 0 aromatic heterocycles. The van der Waals surface area contributed by atoms with Crippen LogP contribution in [0.3, 0.4) is 0 Å². The molecule has 0 aliphatic rings. The van der Waals surface area contributed by atoms with E-state index in [1.807, 2.05) is 27.0 Å². The Balaban J connectivity index is 2.03. The van der Waals surface area contributed by atoms with Gasteiger partial charge in [0.15, 0.2) is 6.79 Å². The summed E-state index contributed by atoms with van der Waals surface area (Å²) in [7, 11) is 1.84. The Morgan fingerprint density at radius 3 is 2.69 bits per heavy atom. The fraction of sp³-hybridized carbons (Fsp3) is 0.571. The number of hydrogen-bond acceptors (Lipinski definition) is 7. The highest BCUT2D eigenvalue weighted by Gasteiger charge is 2.05. The Labute approximate surface area is 173 Å². The third-order valence-electron chi connectivity index (χ3n) is 3.42. The van der Waals surface area contributed by atoms with Crippen molar-refractivity contribution in [1.82, 2.24) is 16.1 Å². The molecule has 0 heterocycles. The Kier molecular flexibility index (Phi) is 14.4. The average Bonchev–Trinajstić information content (AvgIpc) is 2.71. The van der Waals surface area contributed by atoms with Gasteiger partial charge in [-0.15, -0.1) is 0 Å². The second-order valence-corrected chi connectivity index (χ2v) is 6.32. The minimum Gasteiger partial charge on any atom is -0.491 e. The summed E-state index contributed by atoms with van der Waals surface area (Å²) in [6.07, 6.45) is 0. The van der Waals surface area contributed by atoms with Crippen molar-refractivity contribution < 1.29 is 23.8 Å². The summed E-state index contributed by atoms with van der Waals surface area (Å²) in [5, 5.41) is 5.81. The average molecular weight is 408 g/mol. The molecule has 0 bridgehead atoms. The van der Waals surface area contributed by atoms with E-state index in [2.05, 4.69) is 28.0 Å². The fourth-order valence-corrected chi connectivity index (χ4v) is 2.05.